The minimum absolute atomic E-state index is 0.0196. The molecule has 0 saturated carbocycles. The molecule has 0 bridgehead atoms. The summed E-state index contributed by atoms with van der Waals surface area (Å²) >= 11 is 6.95. The van der Waals surface area contributed by atoms with Crippen LogP contribution in [0.4, 0.5) is 5.69 Å². The fourth-order valence-electron chi connectivity index (χ4n) is 2.56. The molecule has 0 radical (unpaired) electrons. The molecule has 0 aliphatic rings. The first kappa shape index (κ1) is 21.9. The van der Waals surface area contributed by atoms with Crippen LogP contribution in [-0.4, -0.2) is 40.0 Å². The molecule has 4 N–H and O–H groups in total. The number of hydrogen-bond donors (Lipinski definition) is 3. The number of carbonyl (C=O) groups is 2. The maximum Gasteiger partial charge on any atom is 0.337 e. The molecule has 0 fully saturated rings. The second-order valence-corrected chi connectivity index (χ2v) is 7.80. The highest BCUT2D eigenvalue weighted by atomic mass is 35.5. The smallest absolute Gasteiger partial charge is 0.337 e. The highest BCUT2D eigenvalue weighted by Gasteiger charge is 2.13. The molecule has 11 heteroatoms. The summed E-state index contributed by atoms with van der Waals surface area (Å²) < 4.78 is 1.81. The molecule has 1 amide bonds. The van der Waals surface area contributed by atoms with Crippen LogP contribution in [-0.2, 0) is 0 Å². The maximum atomic E-state index is 12.1. The summed E-state index contributed by atoms with van der Waals surface area (Å²) in [6.07, 6.45) is 2.80. The molecule has 31 heavy (non-hydrogen) atoms. The zero-order valence-electron chi connectivity index (χ0n) is 15.9. The Kier molecular flexibility index (Phi) is 6.96. The fraction of sp³-hybridized carbons (Fsp3) is 0.0500. The number of pyridine rings is 1. The van der Waals surface area contributed by atoms with Crippen LogP contribution in [0.15, 0.2) is 69.6 Å². The van der Waals surface area contributed by atoms with Crippen LogP contribution in [0.25, 0.3) is 5.69 Å². The number of amides is 1. The van der Waals surface area contributed by atoms with E-state index in [1.807, 2.05) is 0 Å². The summed E-state index contributed by atoms with van der Waals surface area (Å²) in [7, 11) is 0. The van der Waals surface area contributed by atoms with E-state index in [2.05, 4.69) is 15.4 Å². The number of thiophene rings is 1. The third kappa shape index (κ3) is 5.44. The molecule has 3 aromatic rings. The van der Waals surface area contributed by atoms with E-state index < -0.39 is 5.97 Å². The van der Waals surface area contributed by atoms with Crippen molar-refractivity contribution in [2.75, 3.05) is 6.54 Å². The predicted octanol–water partition coefficient (Wildman–Crippen LogP) is 2.70. The molecule has 0 spiro atoms. The summed E-state index contributed by atoms with van der Waals surface area (Å²) in [5.74, 6) is 3.79. The lowest BCUT2D eigenvalue weighted by molar-refractivity contribution is 0.0697. The molecule has 1 aromatic carbocycles. The molecule has 0 saturated heterocycles. The number of nitrogens with two attached hydrogens (primary N) is 1. The Morgan fingerprint density at radius 2 is 2.03 bits per heavy atom. The molecule has 0 aliphatic carbocycles. The highest BCUT2D eigenvalue weighted by Crippen LogP contribution is 2.22. The van der Waals surface area contributed by atoms with Crippen molar-refractivity contribution in [3.05, 3.63) is 79.9 Å². The number of aliphatic imine (C=N–C) groups is 1. The molecule has 9 nitrogen and oxygen atoms in total. The molecular weight excluding hydrogens is 442 g/mol. The first-order valence-electron chi connectivity index (χ1n) is 8.79. The largest absolute Gasteiger partial charge is 0.478 e. The van der Waals surface area contributed by atoms with E-state index in [0.29, 0.717) is 14.9 Å². The summed E-state index contributed by atoms with van der Waals surface area (Å²) in [6, 6.07) is 12.2. The average molecular weight is 458 g/mol. The van der Waals surface area contributed by atoms with E-state index in [9.17, 15) is 19.5 Å². The Labute approximate surface area is 185 Å². The monoisotopic (exact) mass is 457 g/mol. The maximum absolute atomic E-state index is 12.1. The summed E-state index contributed by atoms with van der Waals surface area (Å²) in [5, 5.41) is 15.7. The first-order valence-corrected chi connectivity index (χ1v) is 9.98. The quantitative estimate of drug-likeness (QED) is 0.284. The van der Waals surface area contributed by atoms with Crippen molar-refractivity contribution in [2.24, 2.45) is 15.9 Å². The van der Waals surface area contributed by atoms with E-state index >= 15 is 0 Å². The number of aromatic carboxylic acids is 1. The van der Waals surface area contributed by atoms with Gasteiger partial charge in [0, 0.05) is 18.0 Å². The lowest BCUT2D eigenvalue weighted by atomic mass is 10.1. The Morgan fingerprint density at radius 1 is 1.23 bits per heavy atom. The van der Waals surface area contributed by atoms with Crippen LogP contribution < -0.4 is 16.7 Å². The summed E-state index contributed by atoms with van der Waals surface area (Å²) in [5.41, 5.74) is 0.332. The standard InChI is InChI=1S/C20H16ClN5O4S/c21-17-7-6-16(31-17)19(28)24-11-12(25-22)10-23-15-5-4-13(9-14(15)20(29)30)26-8-2-1-3-18(26)27/h1-10H,11,22H2,(H,24,28)(H,29,30). The van der Waals surface area contributed by atoms with Crippen molar-refractivity contribution < 1.29 is 14.7 Å². The van der Waals surface area contributed by atoms with Gasteiger partial charge in [-0.1, -0.05) is 17.7 Å². The number of halogens is 1. The van der Waals surface area contributed by atoms with Crippen LogP contribution in [0.5, 0.6) is 0 Å². The van der Waals surface area contributed by atoms with Gasteiger partial charge in [-0.15, -0.1) is 11.3 Å². The third-order valence-corrected chi connectivity index (χ3v) is 5.29. The van der Waals surface area contributed by atoms with Gasteiger partial charge < -0.3 is 16.3 Å². The van der Waals surface area contributed by atoms with Gasteiger partial charge in [-0.25, -0.2) is 4.79 Å². The van der Waals surface area contributed by atoms with E-state index in [1.54, 1.807) is 30.3 Å². The van der Waals surface area contributed by atoms with Crippen molar-refractivity contribution in [1.29, 1.82) is 0 Å². The Balaban J connectivity index is 1.78. The van der Waals surface area contributed by atoms with Crippen LogP contribution >= 0.6 is 22.9 Å². The van der Waals surface area contributed by atoms with Gasteiger partial charge in [0.05, 0.1) is 38.9 Å². The van der Waals surface area contributed by atoms with Gasteiger partial charge in [-0.2, -0.15) is 5.10 Å². The van der Waals surface area contributed by atoms with E-state index in [4.69, 9.17) is 17.4 Å². The lowest BCUT2D eigenvalue weighted by Gasteiger charge is -2.08. The minimum Gasteiger partial charge on any atom is -0.478 e. The van der Waals surface area contributed by atoms with Gasteiger partial charge in [0.2, 0.25) is 0 Å². The molecule has 0 atom stereocenters. The van der Waals surface area contributed by atoms with Gasteiger partial charge in [0.1, 0.15) is 0 Å². The van der Waals surface area contributed by atoms with Gasteiger partial charge in [0.15, 0.2) is 0 Å². The fourth-order valence-corrected chi connectivity index (χ4v) is 3.52. The molecule has 158 valence electrons. The van der Waals surface area contributed by atoms with Crippen molar-refractivity contribution in [3.63, 3.8) is 0 Å². The summed E-state index contributed by atoms with van der Waals surface area (Å²) in [6.45, 7) is -0.0196. The zero-order chi connectivity index (χ0) is 22.4. The number of aromatic nitrogens is 1. The molecule has 2 aromatic heterocycles. The number of hydrazone groups is 1. The second-order valence-electron chi connectivity index (χ2n) is 6.08. The van der Waals surface area contributed by atoms with Crippen molar-refractivity contribution in [3.8, 4) is 5.69 Å². The third-order valence-electron chi connectivity index (χ3n) is 4.06. The first-order chi connectivity index (χ1) is 14.9. The number of rotatable bonds is 7. The molecule has 0 aliphatic heterocycles. The highest BCUT2D eigenvalue weighted by molar-refractivity contribution is 7.18. The number of carbonyl (C=O) groups excluding carboxylic acids is 1. The Bertz CT molecular complexity index is 1250. The minimum atomic E-state index is -1.22. The molecular formula is C20H16ClN5O4S. The second kappa shape index (κ2) is 9.83. The molecule has 2 heterocycles. The number of benzene rings is 1. The number of nitrogens with one attached hydrogen (secondary N) is 1. The normalized spacial score (nSPS) is 11.6. The predicted molar refractivity (Wildman–Crippen MR) is 120 cm³/mol. The Morgan fingerprint density at radius 3 is 2.68 bits per heavy atom. The van der Waals surface area contributed by atoms with Crippen LogP contribution in [0.2, 0.25) is 4.34 Å². The van der Waals surface area contributed by atoms with Gasteiger partial charge in [-0.3, -0.25) is 19.1 Å². The topological polar surface area (TPSA) is 139 Å². The van der Waals surface area contributed by atoms with Crippen LogP contribution in [0, 0.1) is 0 Å². The van der Waals surface area contributed by atoms with Crippen LogP contribution in [0.1, 0.15) is 20.0 Å². The zero-order valence-corrected chi connectivity index (χ0v) is 17.4. The van der Waals surface area contributed by atoms with Gasteiger partial charge in [0.25, 0.3) is 11.5 Å². The Hall–Kier alpha value is -3.76. The number of carboxylic acid groups (broad SMARTS) is 1. The van der Waals surface area contributed by atoms with Gasteiger partial charge in [-0.05, 0) is 36.4 Å². The molecule has 3 rings (SSSR count). The number of nitrogens with zero attached hydrogens (tertiary/aromatic N) is 3. The summed E-state index contributed by atoms with van der Waals surface area (Å²) in [4.78, 5) is 40.3. The van der Waals surface area contributed by atoms with Crippen molar-refractivity contribution in [1.82, 2.24) is 9.88 Å². The van der Waals surface area contributed by atoms with Crippen LogP contribution in [0.3, 0.4) is 0 Å². The van der Waals surface area contributed by atoms with Crippen molar-refractivity contribution >= 4 is 52.4 Å². The SMILES string of the molecule is NN=C(C=Nc1ccc(-n2ccccc2=O)cc1C(=O)O)CNC(=O)c1ccc(Cl)s1. The van der Waals surface area contributed by atoms with Gasteiger partial charge >= 0.3 is 5.97 Å². The average Bonchev–Trinajstić information content (AvgIpc) is 3.20. The van der Waals surface area contributed by atoms with Crippen molar-refractivity contribution in [2.45, 2.75) is 0 Å². The lowest BCUT2D eigenvalue weighted by Crippen LogP contribution is -2.30. The number of carboxylic acids is 1. The van der Waals surface area contributed by atoms with E-state index in [-0.39, 0.29) is 35.0 Å². The van der Waals surface area contributed by atoms with E-state index in [0.717, 1.165) is 11.3 Å². The molecule has 0 unspecified atom stereocenters. The number of hydrogen-bond acceptors (Lipinski definition) is 7. The van der Waals surface area contributed by atoms with E-state index in [1.165, 1.54) is 35.2 Å².